The summed E-state index contributed by atoms with van der Waals surface area (Å²) in [6, 6.07) is 5.45. The van der Waals surface area contributed by atoms with Crippen LogP contribution in [-0.4, -0.2) is 66.4 Å². The molecule has 3 heterocycles. The lowest BCUT2D eigenvalue weighted by Crippen LogP contribution is -2.49. The fourth-order valence-corrected chi connectivity index (χ4v) is 2.75. The smallest absolute Gasteiger partial charge is 0.272 e. The van der Waals surface area contributed by atoms with Gasteiger partial charge in [-0.1, -0.05) is 6.07 Å². The average Bonchev–Trinajstić information content (AvgIpc) is 3.04. The number of carbonyl (C=O) groups is 2. The molecule has 6 heteroatoms. The molecule has 112 valence electrons. The summed E-state index contributed by atoms with van der Waals surface area (Å²) in [4.78, 5) is 34.1. The fraction of sp³-hybridized carbons (Fsp3) is 0.533. The molecule has 0 radical (unpaired) electrons. The number of aromatic nitrogens is 1. The molecule has 0 unspecified atom stereocenters. The molecule has 1 aromatic rings. The maximum Gasteiger partial charge on any atom is 0.272 e. The summed E-state index contributed by atoms with van der Waals surface area (Å²) < 4.78 is 0. The summed E-state index contributed by atoms with van der Waals surface area (Å²) in [6.07, 6.45) is 2.14. The van der Waals surface area contributed by atoms with E-state index in [1.165, 1.54) is 0 Å². The van der Waals surface area contributed by atoms with Gasteiger partial charge in [0.1, 0.15) is 11.5 Å². The van der Waals surface area contributed by atoms with E-state index in [4.69, 9.17) is 0 Å². The van der Waals surface area contributed by atoms with Gasteiger partial charge >= 0.3 is 0 Å². The van der Waals surface area contributed by atoms with Crippen molar-refractivity contribution in [1.82, 2.24) is 14.8 Å². The highest BCUT2D eigenvalue weighted by molar-refractivity contribution is 5.93. The Labute approximate surface area is 124 Å². The normalized spacial score (nSPS) is 19.3. The minimum Gasteiger partial charge on any atom is -0.346 e. The summed E-state index contributed by atoms with van der Waals surface area (Å²) in [6.45, 7) is 3.39. The van der Waals surface area contributed by atoms with Gasteiger partial charge in [0.05, 0.1) is 6.54 Å². The lowest BCUT2D eigenvalue weighted by atomic mass is 10.2. The van der Waals surface area contributed by atoms with E-state index >= 15 is 0 Å². The van der Waals surface area contributed by atoms with Crippen molar-refractivity contribution in [3.05, 3.63) is 23.9 Å². The first-order valence-electron chi connectivity index (χ1n) is 7.40. The summed E-state index contributed by atoms with van der Waals surface area (Å²) in [5.41, 5.74) is 0.473. The molecular weight excluding hydrogens is 268 g/mol. The van der Waals surface area contributed by atoms with Gasteiger partial charge in [-0.05, 0) is 25.0 Å². The topological polar surface area (TPSA) is 56.8 Å². The Hall–Kier alpha value is -2.11. The predicted octanol–water partition coefficient (Wildman–Crippen LogP) is 0.596. The van der Waals surface area contributed by atoms with Crippen molar-refractivity contribution in [2.24, 2.45) is 0 Å². The number of anilines is 1. The number of likely N-dealkylation sites (N-methyl/N-ethyl adjacent to an activating group) is 1. The first-order valence-corrected chi connectivity index (χ1v) is 7.40. The number of hydrogen-bond donors (Lipinski definition) is 0. The SMILES string of the molecule is CN1CCN(c2cccc(C(=O)N3CCCC3)n2)CC1=O. The number of likely N-dealkylation sites (tertiary alicyclic amines) is 1. The largest absolute Gasteiger partial charge is 0.346 e. The minimum atomic E-state index is -0.00481. The Balaban J connectivity index is 1.76. The van der Waals surface area contributed by atoms with Crippen LogP contribution in [0.15, 0.2) is 18.2 Å². The van der Waals surface area contributed by atoms with Crippen LogP contribution in [0.4, 0.5) is 5.82 Å². The molecule has 2 amide bonds. The second-order valence-electron chi connectivity index (χ2n) is 5.62. The number of hydrogen-bond acceptors (Lipinski definition) is 4. The molecule has 1 aromatic heterocycles. The molecule has 21 heavy (non-hydrogen) atoms. The average molecular weight is 288 g/mol. The van der Waals surface area contributed by atoms with Crippen molar-refractivity contribution >= 4 is 17.6 Å². The monoisotopic (exact) mass is 288 g/mol. The molecule has 2 aliphatic heterocycles. The van der Waals surface area contributed by atoms with Crippen molar-refractivity contribution < 1.29 is 9.59 Å². The summed E-state index contributed by atoms with van der Waals surface area (Å²) >= 11 is 0. The van der Waals surface area contributed by atoms with Crippen LogP contribution in [0.2, 0.25) is 0 Å². The maximum absolute atomic E-state index is 12.4. The molecule has 3 rings (SSSR count). The highest BCUT2D eigenvalue weighted by atomic mass is 16.2. The molecule has 2 saturated heterocycles. The van der Waals surface area contributed by atoms with Gasteiger partial charge in [-0.3, -0.25) is 9.59 Å². The van der Waals surface area contributed by atoms with E-state index in [9.17, 15) is 9.59 Å². The van der Waals surface area contributed by atoms with Crippen molar-refractivity contribution in [3.8, 4) is 0 Å². The van der Waals surface area contributed by atoms with E-state index in [1.807, 2.05) is 21.9 Å². The molecule has 0 atom stereocenters. The first-order chi connectivity index (χ1) is 10.1. The summed E-state index contributed by atoms with van der Waals surface area (Å²) in [5, 5.41) is 0. The van der Waals surface area contributed by atoms with Crippen molar-refractivity contribution in [2.75, 3.05) is 44.7 Å². The Morgan fingerprint density at radius 3 is 2.62 bits per heavy atom. The van der Waals surface area contributed by atoms with Gasteiger partial charge in [0.25, 0.3) is 5.91 Å². The third-order valence-electron chi connectivity index (χ3n) is 4.13. The number of rotatable bonds is 2. The number of piperazine rings is 1. The third kappa shape index (κ3) is 2.84. The van der Waals surface area contributed by atoms with E-state index in [0.29, 0.717) is 24.6 Å². The third-order valence-corrected chi connectivity index (χ3v) is 4.13. The molecule has 0 aromatic carbocycles. The fourth-order valence-electron chi connectivity index (χ4n) is 2.75. The van der Waals surface area contributed by atoms with Gasteiger partial charge in [-0.15, -0.1) is 0 Å². The Bertz CT molecular complexity index is 554. The second kappa shape index (κ2) is 5.71. The van der Waals surface area contributed by atoms with Crippen molar-refractivity contribution in [1.29, 1.82) is 0 Å². The van der Waals surface area contributed by atoms with E-state index < -0.39 is 0 Å². The van der Waals surface area contributed by atoms with E-state index in [2.05, 4.69) is 4.98 Å². The molecule has 0 spiro atoms. The lowest BCUT2D eigenvalue weighted by molar-refractivity contribution is -0.129. The first kappa shape index (κ1) is 13.9. The van der Waals surface area contributed by atoms with E-state index in [-0.39, 0.29) is 11.8 Å². The zero-order chi connectivity index (χ0) is 14.8. The van der Waals surface area contributed by atoms with Crippen LogP contribution >= 0.6 is 0 Å². The van der Waals surface area contributed by atoms with Gasteiger partial charge in [0, 0.05) is 33.2 Å². The van der Waals surface area contributed by atoms with Crippen LogP contribution in [0, 0.1) is 0 Å². The molecule has 0 aliphatic carbocycles. The van der Waals surface area contributed by atoms with Crippen LogP contribution in [0.1, 0.15) is 23.3 Å². The number of amides is 2. The zero-order valence-electron chi connectivity index (χ0n) is 12.3. The second-order valence-corrected chi connectivity index (χ2v) is 5.62. The molecule has 0 N–H and O–H groups in total. The molecule has 2 fully saturated rings. The van der Waals surface area contributed by atoms with Crippen LogP contribution < -0.4 is 4.90 Å². The van der Waals surface area contributed by atoms with Crippen LogP contribution in [0.5, 0.6) is 0 Å². The number of pyridine rings is 1. The Morgan fingerprint density at radius 1 is 1.14 bits per heavy atom. The molecule has 0 saturated carbocycles. The van der Waals surface area contributed by atoms with Gasteiger partial charge in [-0.25, -0.2) is 4.98 Å². The summed E-state index contributed by atoms with van der Waals surface area (Å²) in [5.74, 6) is 0.788. The Morgan fingerprint density at radius 2 is 1.90 bits per heavy atom. The quantitative estimate of drug-likeness (QED) is 0.799. The van der Waals surface area contributed by atoms with Crippen LogP contribution in [0.25, 0.3) is 0 Å². The zero-order valence-corrected chi connectivity index (χ0v) is 12.3. The molecular formula is C15H20N4O2. The van der Waals surface area contributed by atoms with Gasteiger partial charge in [0.15, 0.2) is 0 Å². The number of carbonyl (C=O) groups excluding carboxylic acids is 2. The highest BCUT2D eigenvalue weighted by Gasteiger charge is 2.24. The van der Waals surface area contributed by atoms with Crippen molar-refractivity contribution in [2.45, 2.75) is 12.8 Å². The van der Waals surface area contributed by atoms with Crippen LogP contribution in [-0.2, 0) is 4.79 Å². The van der Waals surface area contributed by atoms with E-state index in [1.54, 1.807) is 18.0 Å². The standard InChI is InChI=1S/C15H20N4O2/c1-17-9-10-19(11-14(17)20)13-6-4-5-12(16-13)15(21)18-7-2-3-8-18/h4-6H,2-3,7-11H2,1H3. The molecule has 6 nitrogen and oxygen atoms in total. The van der Waals surface area contributed by atoms with Gasteiger partial charge in [-0.2, -0.15) is 0 Å². The lowest BCUT2D eigenvalue weighted by Gasteiger charge is -2.32. The minimum absolute atomic E-state index is 0.00481. The van der Waals surface area contributed by atoms with Crippen LogP contribution in [0.3, 0.4) is 0 Å². The Kier molecular flexibility index (Phi) is 3.77. The van der Waals surface area contributed by atoms with E-state index in [0.717, 1.165) is 32.5 Å². The van der Waals surface area contributed by atoms with Crippen molar-refractivity contribution in [3.63, 3.8) is 0 Å². The molecule has 2 aliphatic rings. The van der Waals surface area contributed by atoms with Gasteiger partial charge in [0.2, 0.25) is 5.91 Å². The highest BCUT2D eigenvalue weighted by Crippen LogP contribution is 2.17. The summed E-state index contributed by atoms with van der Waals surface area (Å²) in [7, 11) is 1.81. The maximum atomic E-state index is 12.4. The predicted molar refractivity (Wildman–Crippen MR) is 79.2 cm³/mol. The molecule has 0 bridgehead atoms. The van der Waals surface area contributed by atoms with Gasteiger partial charge < -0.3 is 14.7 Å². The number of nitrogens with zero attached hydrogens (tertiary/aromatic N) is 4.